The van der Waals surface area contributed by atoms with Crippen molar-refractivity contribution in [1.29, 1.82) is 0 Å². The van der Waals surface area contributed by atoms with Gasteiger partial charge in [0.1, 0.15) is 5.56 Å². The van der Waals surface area contributed by atoms with Gasteiger partial charge in [0.25, 0.3) is 5.91 Å². The van der Waals surface area contributed by atoms with Crippen molar-refractivity contribution in [3.05, 3.63) is 11.8 Å². The first-order valence-corrected chi connectivity index (χ1v) is 13.1. The van der Waals surface area contributed by atoms with E-state index in [9.17, 15) is 23.5 Å². The molecular weight excluding hydrogens is 486 g/mol. The Kier molecular flexibility index (Phi) is 9.36. The van der Waals surface area contributed by atoms with Gasteiger partial charge in [-0.05, 0) is 57.8 Å². The second kappa shape index (κ2) is 12.7. The predicted octanol–water partition coefficient (Wildman–Crippen LogP) is 2.90. The Morgan fingerprint density at radius 1 is 1.24 bits per heavy atom. The van der Waals surface area contributed by atoms with Crippen molar-refractivity contribution in [2.24, 2.45) is 16.8 Å². The second-order valence-corrected chi connectivity index (χ2v) is 10.3. The number of anilines is 1. The molecule has 3 aliphatic rings. The number of halogens is 2. The summed E-state index contributed by atoms with van der Waals surface area (Å²) in [5.41, 5.74) is 0.192. The minimum Gasteiger partial charge on any atom is -0.393 e. The molecule has 12 heteroatoms. The fraction of sp³-hybridized carbons (Fsp3) is 0.720. The van der Waals surface area contributed by atoms with E-state index >= 15 is 0 Å². The minimum atomic E-state index is -2.87. The number of rotatable bonds is 10. The summed E-state index contributed by atoms with van der Waals surface area (Å²) in [6.45, 7) is -0.368. The highest BCUT2D eigenvalue weighted by Gasteiger charge is 2.34. The summed E-state index contributed by atoms with van der Waals surface area (Å²) < 4.78 is 29.0. The Labute approximate surface area is 215 Å². The Morgan fingerprint density at radius 3 is 2.68 bits per heavy atom. The standard InChI is InChI=1S/C25H36F2N6O4/c1-15(14-37-24(26)27)30-25-29-12-20(21(32-25)28-11-16-5-7-19(34)8-6-16)22(35)31-18-9-10-33(13-18)23(36)17-3-2-4-17/h11-12,15-19,24,34H,2-10,13-14H2,1H3,(H,31,35)(H,29,30,32)/t15-,16?,18-,19?/m0/s1. The molecule has 0 unspecified atom stereocenters. The molecule has 3 N–H and O–H groups in total. The maximum absolute atomic E-state index is 13.2. The van der Waals surface area contributed by atoms with E-state index in [-0.39, 0.29) is 59.7 Å². The van der Waals surface area contributed by atoms with Gasteiger partial charge >= 0.3 is 6.61 Å². The van der Waals surface area contributed by atoms with E-state index in [1.54, 1.807) is 13.1 Å². The van der Waals surface area contributed by atoms with Crippen molar-refractivity contribution in [3.63, 3.8) is 0 Å². The second-order valence-electron chi connectivity index (χ2n) is 10.3. The zero-order chi connectivity index (χ0) is 26.4. The molecule has 3 fully saturated rings. The molecule has 37 heavy (non-hydrogen) atoms. The molecule has 2 aliphatic carbocycles. The van der Waals surface area contributed by atoms with Crippen molar-refractivity contribution in [1.82, 2.24) is 20.2 Å². The van der Waals surface area contributed by atoms with Crippen molar-refractivity contribution >= 4 is 29.8 Å². The zero-order valence-electron chi connectivity index (χ0n) is 21.1. The number of alkyl halides is 2. The quantitative estimate of drug-likeness (QED) is 0.403. The van der Waals surface area contributed by atoms with Gasteiger partial charge in [-0.15, -0.1) is 0 Å². The van der Waals surface area contributed by atoms with Gasteiger partial charge in [0.2, 0.25) is 11.9 Å². The Hall–Kier alpha value is -2.73. The van der Waals surface area contributed by atoms with Crippen LogP contribution >= 0.6 is 0 Å². The molecule has 204 valence electrons. The molecule has 1 aliphatic heterocycles. The van der Waals surface area contributed by atoms with Crippen LogP contribution in [0.15, 0.2) is 11.2 Å². The summed E-state index contributed by atoms with van der Waals surface area (Å²) in [6, 6.07) is -0.666. The number of aliphatic hydroxyl groups excluding tert-OH is 1. The number of carbonyl (C=O) groups is 2. The third-order valence-corrected chi connectivity index (χ3v) is 7.30. The highest BCUT2D eigenvalue weighted by molar-refractivity contribution is 5.98. The van der Waals surface area contributed by atoms with E-state index in [2.05, 4.69) is 30.3 Å². The van der Waals surface area contributed by atoms with Crippen molar-refractivity contribution < 1.29 is 28.2 Å². The van der Waals surface area contributed by atoms with Gasteiger partial charge in [0.05, 0.1) is 12.7 Å². The Balaban J connectivity index is 1.43. The highest BCUT2D eigenvalue weighted by atomic mass is 19.3. The van der Waals surface area contributed by atoms with Gasteiger partial charge in [-0.1, -0.05) is 6.42 Å². The summed E-state index contributed by atoms with van der Waals surface area (Å²) in [7, 11) is 0. The smallest absolute Gasteiger partial charge is 0.345 e. The lowest BCUT2D eigenvalue weighted by Gasteiger charge is -2.29. The number of carbonyl (C=O) groups excluding carboxylic acids is 2. The van der Waals surface area contributed by atoms with E-state index in [1.165, 1.54) is 6.20 Å². The van der Waals surface area contributed by atoms with Gasteiger partial charge < -0.3 is 25.4 Å². The van der Waals surface area contributed by atoms with Gasteiger partial charge in [-0.2, -0.15) is 13.8 Å². The van der Waals surface area contributed by atoms with Gasteiger partial charge in [0, 0.05) is 43.5 Å². The van der Waals surface area contributed by atoms with E-state index in [4.69, 9.17) is 0 Å². The maximum Gasteiger partial charge on any atom is 0.345 e. The Bertz CT molecular complexity index is 969. The number of aliphatic imine (C=N–C) groups is 1. The number of amides is 2. The third-order valence-electron chi connectivity index (χ3n) is 7.30. The third kappa shape index (κ3) is 7.64. The first-order chi connectivity index (χ1) is 17.8. The summed E-state index contributed by atoms with van der Waals surface area (Å²) in [5, 5.41) is 15.6. The van der Waals surface area contributed by atoms with Crippen molar-refractivity contribution in [2.45, 2.75) is 83.1 Å². The van der Waals surface area contributed by atoms with E-state index in [0.717, 1.165) is 32.1 Å². The van der Waals surface area contributed by atoms with Crippen LogP contribution in [0.1, 0.15) is 68.6 Å². The van der Waals surface area contributed by atoms with E-state index in [0.29, 0.717) is 32.4 Å². The van der Waals surface area contributed by atoms with Crippen LogP contribution in [0.3, 0.4) is 0 Å². The molecule has 2 heterocycles. The highest BCUT2D eigenvalue weighted by Crippen LogP contribution is 2.30. The Morgan fingerprint density at radius 2 is 2.00 bits per heavy atom. The monoisotopic (exact) mass is 522 g/mol. The topological polar surface area (TPSA) is 129 Å². The van der Waals surface area contributed by atoms with E-state index in [1.807, 2.05) is 4.90 Å². The summed E-state index contributed by atoms with van der Waals surface area (Å²) in [6.07, 6.45) is 9.46. The SMILES string of the molecule is C[C@@H](COC(F)F)Nc1ncc(C(=O)N[C@H]2CCN(C(=O)C3CCC3)C2)c(N=CC2CCC(O)CC2)n1. The van der Waals surface area contributed by atoms with Crippen LogP contribution in [-0.2, 0) is 9.53 Å². The normalized spacial score (nSPS) is 25.3. The average molecular weight is 523 g/mol. The van der Waals surface area contributed by atoms with E-state index < -0.39 is 12.7 Å². The number of hydrogen-bond acceptors (Lipinski definition) is 8. The molecule has 2 amide bonds. The molecule has 0 radical (unpaired) electrons. The van der Waals surface area contributed by atoms with Gasteiger partial charge in [-0.3, -0.25) is 9.59 Å². The zero-order valence-corrected chi connectivity index (χ0v) is 21.1. The number of ether oxygens (including phenoxy) is 1. The van der Waals surface area contributed by atoms with Crippen LogP contribution in [0, 0.1) is 11.8 Å². The van der Waals surface area contributed by atoms with Gasteiger partial charge in [0.15, 0.2) is 5.82 Å². The fourth-order valence-corrected chi connectivity index (χ4v) is 4.86. The minimum absolute atomic E-state index is 0.123. The largest absolute Gasteiger partial charge is 0.393 e. The number of nitrogens with zero attached hydrogens (tertiary/aromatic N) is 4. The number of nitrogens with one attached hydrogen (secondary N) is 2. The maximum atomic E-state index is 13.2. The fourth-order valence-electron chi connectivity index (χ4n) is 4.86. The van der Waals surface area contributed by atoms with Crippen LogP contribution in [0.2, 0.25) is 0 Å². The number of aromatic nitrogens is 2. The molecule has 0 spiro atoms. The van der Waals surface area contributed by atoms with Crippen LogP contribution in [0.4, 0.5) is 20.5 Å². The first kappa shape index (κ1) is 27.3. The van der Waals surface area contributed by atoms with Crippen LogP contribution < -0.4 is 10.6 Å². The van der Waals surface area contributed by atoms with Crippen molar-refractivity contribution in [2.75, 3.05) is 25.0 Å². The molecule has 0 aromatic carbocycles. The first-order valence-electron chi connectivity index (χ1n) is 13.1. The lowest BCUT2D eigenvalue weighted by Crippen LogP contribution is -2.41. The molecular formula is C25H36F2N6O4. The number of aliphatic hydroxyl groups is 1. The van der Waals surface area contributed by atoms with Crippen molar-refractivity contribution in [3.8, 4) is 0 Å². The van der Waals surface area contributed by atoms with Crippen LogP contribution in [-0.4, -0.2) is 82.5 Å². The molecule has 2 atom stereocenters. The molecule has 2 saturated carbocycles. The molecule has 1 aromatic heterocycles. The van der Waals surface area contributed by atoms with Crippen LogP contribution in [0.5, 0.6) is 0 Å². The lowest BCUT2D eigenvalue weighted by molar-refractivity contribution is -0.137. The number of likely N-dealkylation sites (tertiary alicyclic amines) is 1. The van der Waals surface area contributed by atoms with Gasteiger partial charge in [-0.25, -0.2) is 9.98 Å². The summed E-state index contributed by atoms with van der Waals surface area (Å²) in [4.78, 5) is 40.6. The average Bonchev–Trinajstić information content (AvgIpc) is 3.30. The molecule has 10 nitrogen and oxygen atoms in total. The summed E-state index contributed by atoms with van der Waals surface area (Å²) >= 11 is 0. The molecule has 0 bridgehead atoms. The molecule has 4 rings (SSSR count). The number of hydrogen-bond donors (Lipinski definition) is 3. The lowest BCUT2D eigenvalue weighted by atomic mass is 9.84. The predicted molar refractivity (Wildman–Crippen MR) is 133 cm³/mol. The van der Waals surface area contributed by atoms with Crippen LogP contribution in [0.25, 0.3) is 0 Å². The molecule has 1 aromatic rings. The molecule has 1 saturated heterocycles. The summed E-state index contributed by atoms with van der Waals surface area (Å²) in [5.74, 6) is 0.391.